The Hall–Kier alpha value is -2.79. The molecule has 2 aromatic carbocycles. The first-order chi connectivity index (χ1) is 12.8. The van der Waals surface area contributed by atoms with E-state index in [4.69, 9.17) is 9.15 Å². The maximum absolute atomic E-state index is 13.0. The van der Waals surface area contributed by atoms with Crippen LogP contribution in [0.3, 0.4) is 0 Å². The molecule has 1 saturated heterocycles. The van der Waals surface area contributed by atoms with Gasteiger partial charge in [0.2, 0.25) is 0 Å². The van der Waals surface area contributed by atoms with Gasteiger partial charge in [-0.2, -0.15) is 0 Å². The van der Waals surface area contributed by atoms with E-state index >= 15 is 0 Å². The smallest absolute Gasteiger partial charge is 0.134 e. The van der Waals surface area contributed by atoms with Gasteiger partial charge in [-0.25, -0.2) is 4.39 Å². The Balaban J connectivity index is 1.36. The van der Waals surface area contributed by atoms with Crippen LogP contribution in [-0.2, 0) is 11.3 Å². The molecule has 0 spiro atoms. The first kappa shape index (κ1) is 16.7. The summed E-state index contributed by atoms with van der Waals surface area (Å²) in [6, 6.07) is 18.6. The van der Waals surface area contributed by atoms with Crippen molar-refractivity contribution >= 4 is 11.4 Å². The minimum Gasteiger partial charge on any atom is -0.459 e. The highest BCUT2D eigenvalue weighted by Gasteiger charge is 2.11. The number of nitrogens with zero attached hydrogens (tertiary/aromatic N) is 1. The number of morpholine rings is 1. The number of furan rings is 1. The lowest BCUT2D eigenvalue weighted by atomic mass is 10.2. The van der Waals surface area contributed by atoms with Crippen LogP contribution in [0.15, 0.2) is 65.1 Å². The van der Waals surface area contributed by atoms with Gasteiger partial charge in [-0.3, -0.25) is 0 Å². The Morgan fingerprint density at radius 1 is 0.885 bits per heavy atom. The zero-order valence-electron chi connectivity index (χ0n) is 14.5. The standard InChI is InChI=1S/C21H21FN2O2/c22-17-3-1-16(2-4-17)21-10-9-20(26-21)15-23-18-5-7-19(8-6-18)24-11-13-25-14-12-24/h1-10,23H,11-15H2. The van der Waals surface area contributed by atoms with Gasteiger partial charge in [0.1, 0.15) is 17.3 Å². The van der Waals surface area contributed by atoms with Crippen LogP contribution in [0.25, 0.3) is 11.3 Å². The lowest BCUT2D eigenvalue weighted by molar-refractivity contribution is 0.122. The normalized spacial score (nSPS) is 14.4. The van der Waals surface area contributed by atoms with Crippen molar-refractivity contribution in [2.24, 2.45) is 0 Å². The molecule has 1 fully saturated rings. The summed E-state index contributed by atoms with van der Waals surface area (Å²) in [7, 11) is 0. The topological polar surface area (TPSA) is 37.6 Å². The van der Waals surface area contributed by atoms with Crippen molar-refractivity contribution in [2.45, 2.75) is 6.54 Å². The third-order valence-electron chi connectivity index (χ3n) is 4.50. The molecule has 0 unspecified atom stereocenters. The number of halogens is 1. The highest BCUT2D eigenvalue weighted by molar-refractivity contribution is 5.58. The molecule has 4 nitrogen and oxygen atoms in total. The average molecular weight is 352 g/mol. The molecular weight excluding hydrogens is 331 g/mol. The number of nitrogens with one attached hydrogen (secondary N) is 1. The second-order valence-electron chi connectivity index (χ2n) is 6.27. The highest BCUT2D eigenvalue weighted by Crippen LogP contribution is 2.24. The maximum Gasteiger partial charge on any atom is 0.134 e. The van der Waals surface area contributed by atoms with Gasteiger partial charge in [0.25, 0.3) is 0 Å². The van der Waals surface area contributed by atoms with E-state index < -0.39 is 0 Å². The minimum atomic E-state index is -0.247. The van der Waals surface area contributed by atoms with E-state index in [1.165, 1.54) is 17.8 Å². The first-order valence-corrected chi connectivity index (χ1v) is 8.79. The molecule has 1 N–H and O–H groups in total. The van der Waals surface area contributed by atoms with Crippen molar-refractivity contribution in [3.05, 3.63) is 72.2 Å². The second kappa shape index (κ2) is 7.62. The number of anilines is 2. The van der Waals surface area contributed by atoms with Crippen molar-refractivity contribution in [3.63, 3.8) is 0 Å². The zero-order valence-corrected chi connectivity index (χ0v) is 14.5. The van der Waals surface area contributed by atoms with Gasteiger partial charge in [0, 0.05) is 30.0 Å². The lowest BCUT2D eigenvalue weighted by Crippen LogP contribution is -2.36. The van der Waals surface area contributed by atoms with Crippen molar-refractivity contribution in [1.82, 2.24) is 0 Å². The van der Waals surface area contributed by atoms with Crippen LogP contribution in [0.1, 0.15) is 5.76 Å². The third kappa shape index (κ3) is 3.89. The van der Waals surface area contributed by atoms with Crippen LogP contribution < -0.4 is 10.2 Å². The quantitative estimate of drug-likeness (QED) is 0.732. The van der Waals surface area contributed by atoms with E-state index in [9.17, 15) is 4.39 Å². The van der Waals surface area contributed by atoms with Crippen LogP contribution in [0.4, 0.5) is 15.8 Å². The number of hydrogen-bond donors (Lipinski definition) is 1. The summed E-state index contributed by atoms with van der Waals surface area (Å²) in [5.41, 5.74) is 3.13. The number of rotatable bonds is 5. The number of benzene rings is 2. The molecule has 5 heteroatoms. The summed E-state index contributed by atoms with van der Waals surface area (Å²) in [6.07, 6.45) is 0. The van der Waals surface area contributed by atoms with Crippen LogP contribution in [0.2, 0.25) is 0 Å². The van der Waals surface area contributed by atoms with Gasteiger partial charge in [-0.05, 0) is 60.7 Å². The molecule has 0 aliphatic carbocycles. The predicted octanol–water partition coefficient (Wildman–Crippen LogP) is 4.53. The van der Waals surface area contributed by atoms with Gasteiger partial charge < -0.3 is 19.4 Å². The maximum atomic E-state index is 13.0. The molecule has 26 heavy (non-hydrogen) atoms. The van der Waals surface area contributed by atoms with Gasteiger partial charge >= 0.3 is 0 Å². The second-order valence-corrected chi connectivity index (χ2v) is 6.27. The molecular formula is C21H21FN2O2. The van der Waals surface area contributed by atoms with Crippen molar-refractivity contribution in [2.75, 3.05) is 36.5 Å². The molecule has 2 heterocycles. The monoisotopic (exact) mass is 352 g/mol. The summed E-state index contributed by atoms with van der Waals surface area (Å²) in [6.45, 7) is 4.04. The average Bonchev–Trinajstić information content (AvgIpc) is 3.17. The van der Waals surface area contributed by atoms with Crippen molar-refractivity contribution < 1.29 is 13.5 Å². The van der Waals surface area contributed by atoms with E-state index in [1.807, 2.05) is 12.1 Å². The molecule has 3 aromatic rings. The van der Waals surface area contributed by atoms with Gasteiger partial charge in [-0.15, -0.1) is 0 Å². The van der Waals surface area contributed by atoms with Crippen molar-refractivity contribution in [1.29, 1.82) is 0 Å². The SMILES string of the molecule is Fc1ccc(-c2ccc(CNc3ccc(N4CCOCC4)cc3)o2)cc1. The highest BCUT2D eigenvalue weighted by atomic mass is 19.1. The Bertz CT molecular complexity index is 837. The van der Waals surface area contributed by atoms with Crippen molar-refractivity contribution in [3.8, 4) is 11.3 Å². The number of ether oxygens (including phenoxy) is 1. The van der Waals surface area contributed by atoms with Gasteiger partial charge in [0.15, 0.2) is 0 Å². The van der Waals surface area contributed by atoms with Gasteiger partial charge in [-0.1, -0.05) is 0 Å². The molecule has 0 bridgehead atoms. The van der Waals surface area contributed by atoms with Crippen LogP contribution >= 0.6 is 0 Å². The molecule has 4 rings (SSSR count). The van der Waals surface area contributed by atoms with Crippen LogP contribution in [0, 0.1) is 5.82 Å². The Labute approximate surface area is 152 Å². The molecule has 0 atom stereocenters. The summed E-state index contributed by atoms with van der Waals surface area (Å²) in [5.74, 6) is 1.33. The summed E-state index contributed by atoms with van der Waals surface area (Å²) in [5, 5.41) is 3.37. The molecule has 0 radical (unpaired) electrons. The van der Waals surface area contributed by atoms with Crippen LogP contribution in [0.5, 0.6) is 0 Å². The first-order valence-electron chi connectivity index (χ1n) is 8.79. The van der Waals surface area contributed by atoms with E-state index in [0.717, 1.165) is 49.1 Å². The molecule has 0 saturated carbocycles. The number of hydrogen-bond acceptors (Lipinski definition) is 4. The summed E-state index contributed by atoms with van der Waals surface area (Å²) < 4.78 is 24.2. The van der Waals surface area contributed by atoms with E-state index in [0.29, 0.717) is 6.54 Å². The lowest BCUT2D eigenvalue weighted by Gasteiger charge is -2.28. The van der Waals surface area contributed by atoms with Crippen LogP contribution in [-0.4, -0.2) is 26.3 Å². The fourth-order valence-corrected chi connectivity index (χ4v) is 3.04. The molecule has 1 aromatic heterocycles. The fraction of sp³-hybridized carbons (Fsp3) is 0.238. The van der Waals surface area contributed by atoms with Gasteiger partial charge in [0.05, 0.1) is 19.8 Å². The third-order valence-corrected chi connectivity index (χ3v) is 4.50. The van der Waals surface area contributed by atoms with E-state index in [2.05, 4.69) is 34.5 Å². The minimum absolute atomic E-state index is 0.247. The molecule has 134 valence electrons. The predicted molar refractivity (Wildman–Crippen MR) is 101 cm³/mol. The molecule has 1 aliphatic rings. The Kier molecular flexibility index (Phi) is 4.88. The zero-order chi connectivity index (χ0) is 17.8. The summed E-state index contributed by atoms with van der Waals surface area (Å²) in [4.78, 5) is 2.33. The Morgan fingerprint density at radius 3 is 2.35 bits per heavy atom. The molecule has 0 amide bonds. The molecule has 1 aliphatic heterocycles. The van der Waals surface area contributed by atoms with E-state index in [-0.39, 0.29) is 5.82 Å². The Morgan fingerprint density at radius 2 is 1.62 bits per heavy atom. The fourth-order valence-electron chi connectivity index (χ4n) is 3.04. The largest absolute Gasteiger partial charge is 0.459 e. The van der Waals surface area contributed by atoms with E-state index in [1.54, 1.807) is 12.1 Å². The summed E-state index contributed by atoms with van der Waals surface area (Å²) >= 11 is 0.